The SMILES string of the molecule is CN=C(NCc1ccc(NC(=O)NC(C)C)cc1)NCC(C)(C)c1cccs1. The fraction of sp³-hybridized carbons (Fsp3) is 0.429. The smallest absolute Gasteiger partial charge is 0.319 e. The van der Waals surface area contributed by atoms with Crippen LogP contribution in [0.5, 0.6) is 0 Å². The molecule has 0 bridgehead atoms. The highest BCUT2D eigenvalue weighted by atomic mass is 32.1. The second-order valence-electron chi connectivity index (χ2n) is 7.59. The van der Waals surface area contributed by atoms with Gasteiger partial charge in [0.2, 0.25) is 0 Å². The van der Waals surface area contributed by atoms with Gasteiger partial charge in [-0.1, -0.05) is 32.0 Å². The average Bonchev–Trinajstić information content (AvgIpc) is 3.18. The summed E-state index contributed by atoms with van der Waals surface area (Å²) >= 11 is 1.77. The highest BCUT2D eigenvalue weighted by molar-refractivity contribution is 7.10. The quantitative estimate of drug-likeness (QED) is 0.419. The minimum Gasteiger partial charge on any atom is -0.356 e. The molecule has 28 heavy (non-hydrogen) atoms. The van der Waals surface area contributed by atoms with Gasteiger partial charge in [-0.2, -0.15) is 0 Å². The zero-order valence-corrected chi connectivity index (χ0v) is 18.1. The molecule has 1 heterocycles. The third-order valence-electron chi connectivity index (χ3n) is 4.20. The van der Waals surface area contributed by atoms with E-state index in [1.54, 1.807) is 18.4 Å². The van der Waals surface area contributed by atoms with E-state index in [2.05, 4.69) is 57.6 Å². The molecule has 1 aromatic carbocycles. The first kappa shape index (κ1) is 21.8. The van der Waals surface area contributed by atoms with Crippen molar-refractivity contribution in [3.05, 3.63) is 52.2 Å². The van der Waals surface area contributed by atoms with E-state index in [1.165, 1.54) is 4.88 Å². The van der Waals surface area contributed by atoms with E-state index < -0.39 is 0 Å². The highest BCUT2D eigenvalue weighted by Gasteiger charge is 2.21. The zero-order chi connectivity index (χ0) is 20.6. The maximum Gasteiger partial charge on any atom is 0.319 e. The molecular formula is C21H31N5OS. The van der Waals surface area contributed by atoms with E-state index in [0.717, 1.165) is 23.8 Å². The number of carbonyl (C=O) groups excluding carboxylic acids is 1. The van der Waals surface area contributed by atoms with Crippen LogP contribution in [0.15, 0.2) is 46.8 Å². The molecule has 0 fully saturated rings. The van der Waals surface area contributed by atoms with Crippen LogP contribution in [0, 0.1) is 0 Å². The summed E-state index contributed by atoms with van der Waals surface area (Å²) in [5, 5.41) is 14.5. The molecule has 1 aromatic heterocycles. The van der Waals surface area contributed by atoms with Crippen LogP contribution >= 0.6 is 11.3 Å². The molecule has 0 atom stereocenters. The monoisotopic (exact) mass is 401 g/mol. The number of hydrogen-bond acceptors (Lipinski definition) is 3. The first-order chi connectivity index (χ1) is 13.3. The molecule has 0 radical (unpaired) electrons. The van der Waals surface area contributed by atoms with Crippen molar-refractivity contribution < 1.29 is 4.79 Å². The van der Waals surface area contributed by atoms with Gasteiger partial charge in [-0.25, -0.2) is 4.79 Å². The van der Waals surface area contributed by atoms with E-state index in [-0.39, 0.29) is 17.5 Å². The normalized spacial score (nSPS) is 12.0. The van der Waals surface area contributed by atoms with E-state index in [9.17, 15) is 4.79 Å². The summed E-state index contributed by atoms with van der Waals surface area (Å²) in [7, 11) is 1.77. The largest absolute Gasteiger partial charge is 0.356 e. The van der Waals surface area contributed by atoms with Gasteiger partial charge in [-0.05, 0) is 43.0 Å². The molecule has 152 valence electrons. The number of guanidine groups is 1. The Morgan fingerprint density at radius 3 is 2.43 bits per heavy atom. The third-order valence-corrected chi connectivity index (χ3v) is 5.44. The number of urea groups is 1. The van der Waals surface area contributed by atoms with Gasteiger partial charge < -0.3 is 21.3 Å². The Labute approximate surface area is 171 Å². The number of benzene rings is 1. The first-order valence-corrected chi connectivity index (χ1v) is 10.3. The fourth-order valence-corrected chi connectivity index (χ4v) is 3.45. The number of nitrogens with zero attached hydrogens (tertiary/aromatic N) is 1. The molecule has 2 aromatic rings. The van der Waals surface area contributed by atoms with Crippen molar-refractivity contribution in [3.63, 3.8) is 0 Å². The van der Waals surface area contributed by atoms with E-state index in [4.69, 9.17) is 0 Å². The third kappa shape index (κ3) is 6.88. The second kappa shape index (κ2) is 10.1. The summed E-state index contributed by atoms with van der Waals surface area (Å²) in [5.41, 5.74) is 1.91. The van der Waals surface area contributed by atoms with Gasteiger partial charge in [0.1, 0.15) is 0 Å². The summed E-state index contributed by atoms with van der Waals surface area (Å²) in [5.74, 6) is 0.767. The Hall–Kier alpha value is -2.54. The van der Waals surface area contributed by atoms with Crippen molar-refractivity contribution in [2.45, 2.75) is 45.7 Å². The maximum absolute atomic E-state index is 11.7. The van der Waals surface area contributed by atoms with Crippen molar-refractivity contribution >= 4 is 29.0 Å². The Bertz CT molecular complexity index is 767. The summed E-state index contributed by atoms with van der Waals surface area (Å²) in [6.45, 7) is 9.74. The van der Waals surface area contributed by atoms with Crippen LogP contribution in [0.25, 0.3) is 0 Å². The van der Waals surface area contributed by atoms with Crippen molar-refractivity contribution in [3.8, 4) is 0 Å². The zero-order valence-electron chi connectivity index (χ0n) is 17.3. The lowest BCUT2D eigenvalue weighted by atomic mass is 9.91. The molecule has 2 amide bonds. The van der Waals surface area contributed by atoms with Crippen LogP contribution in [0.4, 0.5) is 10.5 Å². The molecule has 2 rings (SSSR count). The number of carbonyl (C=O) groups is 1. The lowest BCUT2D eigenvalue weighted by Gasteiger charge is -2.25. The van der Waals surface area contributed by atoms with Crippen LogP contribution in [-0.2, 0) is 12.0 Å². The van der Waals surface area contributed by atoms with Crippen molar-refractivity contribution in [2.75, 3.05) is 18.9 Å². The van der Waals surface area contributed by atoms with Crippen LogP contribution in [0.1, 0.15) is 38.1 Å². The number of anilines is 1. The molecule has 4 N–H and O–H groups in total. The van der Waals surface area contributed by atoms with Gasteiger partial charge in [0.05, 0.1) is 0 Å². The molecule has 7 heteroatoms. The molecule has 0 unspecified atom stereocenters. The Kier molecular flexibility index (Phi) is 7.87. The summed E-state index contributed by atoms with van der Waals surface area (Å²) in [4.78, 5) is 17.4. The highest BCUT2D eigenvalue weighted by Crippen LogP contribution is 2.26. The lowest BCUT2D eigenvalue weighted by molar-refractivity contribution is 0.250. The van der Waals surface area contributed by atoms with Crippen LogP contribution in [0.2, 0.25) is 0 Å². The Morgan fingerprint density at radius 2 is 1.86 bits per heavy atom. The minimum absolute atomic E-state index is 0.0374. The lowest BCUT2D eigenvalue weighted by Crippen LogP contribution is -2.42. The van der Waals surface area contributed by atoms with Crippen LogP contribution < -0.4 is 21.3 Å². The van der Waals surface area contributed by atoms with Gasteiger partial charge >= 0.3 is 6.03 Å². The predicted octanol–water partition coefficient (Wildman–Crippen LogP) is 3.92. The van der Waals surface area contributed by atoms with E-state index in [0.29, 0.717) is 6.54 Å². The average molecular weight is 402 g/mol. The second-order valence-corrected chi connectivity index (χ2v) is 8.54. The number of hydrogen-bond donors (Lipinski definition) is 4. The standard InChI is InChI=1S/C21H31N5OS/c1-15(2)25-20(27)26-17-10-8-16(9-11-17)13-23-19(22-5)24-14-21(3,4)18-7-6-12-28-18/h6-12,15H,13-14H2,1-5H3,(H2,22,23,24)(H2,25,26,27). The van der Waals surface area contributed by atoms with Gasteiger partial charge in [0.15, 0.2) is 5.96 Å². The molecule has 0 saturated carbocycles. The first-order valence-electron chi connectivity index (χ1n) is 9.45. The molecule has 0 spiro atoms. The number of aliphatic imine (C=N–C) groups is 1. The number of nitrogens with one attached hydrogen (secondary N) is 4. The fourth-order valence-electron chi connectivity index (χ4n) is 2.60. The topological polar surface area (TPSA) is 77.5 Å². The molecule has 0 aliphatic heterocycles. The summed E-state index contributed by atoms with van der Waals surface area (Å²) < 4.78 is 0. The predicted molar refractivity (Wildman–Crippen MR) is 119 cm³/mol. The molecule has 0 aliphatic carbocycles. The van der Waals surface area contributed by atoms with Crippen molar-refractivity contribution in [1.82, 2.24) is 16.0 Å². The van der Waals surface area contributed by atoms with Gasteiger partial charge in [-0.3, -0.25) is 4.99 Å². The molecule has 0 saturated heterocycles. The van der Waals surface area contributed by atoms with Gasteiger partial charge in [-0.15, -0.1) is 11.3 Å². The van der Waals surface area contributed by atoms with E-state index >= 15 is 0 Å². The van der Waals surface area contributed by atoms with Gasteiger partial charge in [0, 0.05) is 42.2 Å². The number of amides is 2. The van der Waals surface area contributed by atoms with Crippen molar-refractivity contribution in [1.29, 1.82) is 0 Å². The number of thiophene rings is 1. The van der Waals surface area contributed by atoms with E-state index in [1.807, 2.05) is 38.1 Å². The minimum atomic E-state index is -0.196. The molecule has 6 nitrogen and oxygen atoms in total. The maximum atomic E-state index is 11.7. The summed E-state index contributed by atoms with van der Waals surface area (Å²) in [6, 6.07) is 11.9. The molecular weight excluding hydrogens is 370 g/mol. The number of rotatable bonds is 7. The molecule has 0 aliphatic rings. The summed E-state index contributed by atoms with van der Waals surface area (Å²) in [6.07, 6.45) is 0. The Morgan fingerprint density at radius 1 is 1.14 bits per heavy atom. The van der Waals surface area contributed by atoms with Gasteiger partial charge in [0.25, 0.3) is 0 Å². The van der Waals surface area contributed by atoms with Crippen molar-refractivity contribution in [2.24, 2.45) is 4.99 Å². The van der Waals surface area contributed by atoms with Crippen LogP contribution in [-0.4, -0.2) is 31.6 Å². The van der Waals surface area contributed by atoms with Crippen LogP contribution in [0.3, 0.4) is 0 Å². The Balaban J connectivity index is 1.82.